The molecule has 100 valence electrons. The van der Waals surface area contributed by atoms with Crippen molar-refractivity contribution in [1.29, 1.82) is 0 Å². The molecular formula is C13H17BrO4. The number of alkyl halides is 1. The van der Waals surface area contributed by atoms with Gasteiger partial charge in [-0.15, -0.1) is 0 Å². The van der Waals surface area contributed by atoms with Gasteiger partial charge in [0.25, 0.3) is 0 Å². The lowest BCUT2D eigenvalue weighted by atomic mass is 9.91. The van der Waals surface area contributed by atoms with Crippen LogP contribution in [-0.4, -0.2) is 29.8 Å². The third kappa shape index (κ3) is 2.06. The molecule has 0 aliphatic carbocycles. The molecule has 0 fully saturated rings. The number of benzene rings is 1. The number of rotatable bonds is 2. The van der Waals surface area contributed by atoms with E-state index < -0.39 is 11.7 Å². The molecule has 0 radical (unpaired) electrons. The van der Waals surface area contributed by atoms with Crippen LogP contribution in [0.4, 0.5) is 0 Å². The number of ether oxygens (including phenoxy) is 3. The molecule has 0 saturated carbocycles. The summed E-state index contributed by atoms with van der Waals surface area (Å²) in [5.41, 5.74) is 0.209. The molecule has 5 heteroatoms. The maximum atomic E-state index is 10.3. The van der Waals surface area contributed by atoms with Crippen LogP contribution in [0.1, 0.15) is 25.5 Å². The summed E-state index contributed by atoms with van der Waals surface area (Å²) in [6, 6.07) is 3.50. The van der Waals surface area contributed by atoms with Gasteiger partial charge in [0, 0.05) is 11.6 Å². The van der Waals surface area contributed by atoms with Crippen molar-refractivity contribution in [3.63, 3.8) is 0 Å². The zero-order valence-corrected chi connectivity index (χ0v) is 12.4. The molecule has 1 heterocycles. The summed E-state index contributed by atoms with van der Waals surface area (Å²) in [7, 11) is 3.14. The average Bonchev–Trinajstić information content (AvgIpc) is 2.34. The Kier molecular flexibility index (Phi) is 3.47. The highest BCUT2D eigenvalue weighted by Crippen LogP contribution is 2.47. The molecule has 0 aromatic heterocycles. The van der Waals surface area contributed by atoms with E-state index in [0.717, 1.165) is 0 Å². The maximum Gasteiger partial charge on any atom is 0.164 e. The second-order valence-corrected chi connectivity index (χ2v) is 5.78. The Hall–Kier alpha value is -0.940. The van der Waals surface area contributed by atoms with E-state index >= 15 is 0 Å². The van der Waals surface area contributed by atoms with Crippen molar-refractivity contribution < 1.29 is 19.3 Å². The fraction of sp³-hybridized carbons (Fsp3) is 0.538. The number of aliphatic hydroxyl groups excluding tert-OH is 1. The van der Waals surface area contributed by atoms with E-state index in [1.807, 2.05) is 13.8 Å². The minimum absolute atomic E-state index is 0.185. The summed E-state index contributed by atoms with van der Waals surface area (Å²) in [6.45, 7) is 3.85. The van der Waals surface area contributed by atoms with Crippen molar-refractivity contribution in [3.8, 4) is 17.2 Å². The Bertz CT molecular complexity index is 459. The van der Waals surface area contributed by atoms with Crippen LogP contribution in [-0.2, 0) is 0 Å². The summed E-state index contributed by atoms with van der Waals surface area (Å²) in [6.07, 6.45) is -0.649. The summed E-state index contributed by atoms with van der Waals surface area (Å²) in [5, 5.41) is 10.3. The van der Waals surface area contributed by atoms with Gasteiger partial charge in [-0.05, 0) is 19.9 Å². The summed E-state index contributed by atoms with van der Waals surface area (Å²) < 4.78 is 16.4. The van der Waals surface area contributed by atoms with Gasteiger partial charge < -0.3 is 19.3 Å². The Morgan fingerprint density at radius 2 is 1.78 bits per heavy atom. The van der Waals surface area contributed by atoms with Crippen molar-refractivity contribution >= 4 is 15.9 Å². The van der Waals surface area contributed by atoms with E-state index in [2.05, 4.69) is 15.9 Å². The largest absolute Gasteiger partial charge is 0.493 e. The van der Waals surface area contributed by atoms with Crippen LogP contribution in [0.15, 0.2) is 12.1 Å². The molecule has 0 unspecified atom stereocenters. The van der Waals surface area contributed by atoms with Gasteiger partial charge in [-0.1, -0.05) is 15.9 Å². The Morgan fingerprint density at radius 3 is 2.33 bits per heavy atom. The van der Waals surface area contributed by atoms with Crippen LogP contribution in [0.2, 0.25) is 0 Å². The number of hydrogen-bond donors (Lipinski definition) is 1. The molecule has 18 heavy (non-hydrogen) atoms. The van der Waals surface area contributed by atoms with Crippen molar-refractivity contribution in [1.82, 2.24) is 0 Å². The smallest absolute Gasteiger partial charge is 0.164 e. The molecule has 1 aliphatic heterocycles. The first-order valence-corrected chi connectivity index (χ1v) is 6.59. The topological polar surface area (TPSA) is 47.9 Å². The van der Waals surface area contributed by atoms with Crippen LogP contribution >= 0.6 is 15.9 Å². The predicted molar refractivity (Wildman–Crippen MR) is 71.9 cm³/mol. The van der Waals surface area contributed by atoms with Gasteiger partial charge in [0.05, 0.1) is 25.2 Å². The molecule has 1 aliphatic rings. The first-order chi connectivity index (χ1) is 8.40. The van der Waals surface area contributed by atoms with Crippen molar-refractivity contribution in [2.24, 2.45) is 0 Å². The normalized spacial score (nSPS) is 25.0. The van der Waals surface area contributed by atoms with E-state index in [-0.39, 0.29) is 4.83 Å². The third-order valence-electron chi connectivity index (χ3n) is 3.15. The Balaban J connectivity index is 2.54. The number of methoxy groups -OCH3 is 2. The molecule has 0 saturated heterocycles. The summed E-state index contributed by atoms with van der Waals surface area (Å²) in [5.74, 6) is 1.80. The van der Waals surface area contributed by atoms with Gasteiger partial charge in [0.1, 0.15) is 11.4 Å². The maximum absolute atomic E-state index is 10.3. The van der Waals surface area contributed by atoms with Gasteiger partial charge >= 0.3 is 0 Å². The highest BCUT2D eigenvalue weighted by atomic mass is 79.9. The summed E-state index contributed by atoms with van der Waals surface area (Å²) >= 11 is 3.48. The highest BCUT2D eigenvalue weighted by Gasteiger charge is 2.42. The van der Waals surface area contributed by atoms with Gasteiger partial charge in [-0.2, -0.15) is 0 Å². The molecule has 0 spiro atoms. The minimum Gasteiger partial charge on any atom is -0.493 e. The van der Waals surface area contributed by atoms with Gasteiger partial charge in [-0.25, -0.2) is 0 Å². The van der Waals surface area contributed by atoms with Crippen LogP contribution in [0, 0.1) is 0 Å². The monoisotopic (exact) mass is 316 g/mol. The highest BCUT2D eigenvalue weighted by molar-refractivity contribution is 9.09. The average molecular weight is 317 g/mol. The van der Waals surface area contributed by atoms with Crippen molar-refractivity contribution in [2.45, 2.75) is 30.4 Å². The van der Waals surface area contributed by atoms with Gasteiger partial charge in [0.2, 0.25) is 0 Å². The van der Waals surface area contributed by atoms with Gasteiger partial charge in [-0.3, -0.25) is 0 Å². The SMILES string of the molecule is COc1cc2c(cc1OC)[C@@H](O)[C@H](Br)C(C)(C)O2. The first-order valence-electron chi connectivity index (χ1n) is 5.67. The fourth-order valence-corrected chi connectivity index (χ4v) is 2.45. The van der Waals surface area contributed by atoms with Crippen LogP contribution in [0.25, 0.3) is 0 Å². The lowest BCUT2D eigenvalue weighted by Gasteiger charge is -2.40. The Labute approximate surface area is 115 Å². The molecule has 2 rings (SSSR count). The van der Waals surface area contributed by atoms with Crippen LogP contribution in [0.3, 0.4) is 0 Å². The standard InChI is InChI=1S/C13H17BrO4/c1-13(2)12(14)11(15)7-5-9(16-3)10(17-4)6-8(7)18-13/h5-6,11-12,15H,1-4H3/t11-,12+/m1/s1. The molecule has 1 aromatic rings. The van der Waals surface area contributed by atoms with E-state index in [1.54, 1.807) is 26.4 Å². The molecule has 0 amide bonds. The van der Waals surface area contributed by atoms with E-state index in [0.29, 0.717) is 22.8 Å². The number of fused-ring (bicyclic) bond motifs is 1. The van der Waals surface area contributed by atoms with Crippen molar-refractivity contribution in [2.75, 3.05) is 14.2 Å². The molecule has 1 N–H and O–H groups in total. The zero-order chi connectivity index (χ0) is 13.5. The number of hydrogen-bond acceptors (Lipinski definition) is 4. The number of aliphatic hydroxyl groups is 1. The molecular weight excluding hydrogens is 300 g/mol. The van der Waals surface area contributed by atoms with Crippen LogP contribution < -0.4 is 14.2 Å². The lowest BCUT2D eigenvalue weighted by molar-refractivity contribution is 0.0221. The van der Waals surface area contributed by atoms with Crippen LogP contribution in [0.5, 0.6) is 17.2 Å². The Morgan fingerprint density at radius 1 is 1.22 bits per heavy atom. The quantitative estimate of drug-likeness (QED) is 0.852. The summed E-state index contributed by atoms with van der Waals surface area (Å²) in [4.78, 5) is -0.185. The van der Waals surface area contributed by atoms with E-state index in [4.69, 9.17) is 14.2 Å². The fourth-order valence-electron chi connectivity index (χ4n) is 2.07. The van der Waals surface area contributed by atoms with Gasteiger partial charge in [0.15, 0.2) is 11.5 Å². The zero-order valence-electron chi connectivity index (χ0n) is 10.9. The second-order valence-electron chi connectivity index (χ2n) is 4.80. The van der Waals surface area contributed by atoms with E-state index in [1.165, 1.54) is 0 Å². The van der Waals surface area contributed by atoms with Crippen molar-refractivity contribution in [3.05, 3.63) is 17.7 Å². The molecule has 1 aromatic carbocycles. The molecule has 4 nitrogen and oxygen atoms in total. The third-order valence-corrected chi connectivity index (χ3v) is 4.75. The first kappa shape index (κ1) is 13.5. The number of halogens is 1. The van der Waals surface area contributed by atoms with E-state index in [9.17, 15) is 5.11 Å². The lowest BCUT2D eigenvalue weighted by Crippen LogP contribution is -2.45. The molecule has 2 atom stereocenters. The predicted octanol–water partition coefficient (Wildman–Crippen LogP) is 2.67. The molecule has 0 bridgehead atoms. The minimum atomic E-state index is -0.649. The second kappa shape index (κ2) is 4.63.